The fourth-order valence-corrected chi connectivity index (χ4v) is 5.15. The van der Waals surface area contributed by atoms with Crippen LogP contribution in [0.1, 0.15) is 38.4 Å². The molecule has 0 amide bonds. The molecular weight excluding hydrogens is 532 g/mol. The van der Waals surface area contributed by atoms with Crippen LogP contribution in [0.4, 0.5) is 0 Å². The lowest BCUT2D eigenvalue weighted by atomic mass is 10.0. The van der Waals surface area contributed by atoms with Crippen molar-refractivity contribution in [2.45, 2.75) is 0 Å². The standard InChI is InChI=1S/C42H28N2/c1-3-12-29(13-4-1)31-22-24-33(25-23-31)43-37-20-9-7-18-35(37)41-39(43)26-27-40-42(41)36-19-8-10-21-38(36)44(40)34-17-11-16-32(28-34)30-14-5-2-6-15-30/h1-28H/i1D,2D,3D,4D,5D,6D,7D,8D,9D,10D,11D,12D,13D,14D,15D,16D,17D,18D,19D,20D,21D,22D,23D,24D,25D,26D,27D,28D. The number of para-hydroxylation sites is 2. The maximum atomic E-state index is 9.71. The molecule has 0 unspecified atom stereocenters. The van der Waals surface area contributed by atoms with Gasteiger partial charge < -0.3 is 9.13 Å². The largest absolute Gasteiger partial charge is 0.309 e. The van der Waals surface area contributed by atoms with Gasteiger partial charge in [0.15, 0.2) is 0 Å². The van der Waals surface area contributed by atoms with Gasteiger partial charge >= 0.3 is 0 Å². The summed E-state index contributed by atoms with van der Waals surface area (Å²) in [4.78, 5) is 0. The lowest BCUT2D eigenvalue weighted by molar-refractivity contribution is 1.17. The number of benzene rings is 7. The average Bonchev–Trinajstić information content (AvgIpc) is 3.88. The van der Waals surface area contributed by atoms with Gasteiger partial charge in [0, 0.05) is 32.9 Å². The number of rotatable bonds is 4. The maximum absolute atomic E-state index is 9.71. The Morgan fingerprint density at radius 1 is 0.318 bits per heavy atom. The van der Waals surface area contributed by atoms with Crippen LogP contribution in [0, 0.1) is 0 Å². The van der Waals surface area contributed by atoms with E-state index in [9.17, 15) is 13.7 Å². The summed E-state index contributed by atoms with van der Waals surface area (Å²) in [7, 11) is 0. The number of hydrogen-bond donors (Lipinski definition) is 0. The van der Waals surface area contributed by atoms with Crippen LogP contribution in [0.3, 0.4) is 0 Å². The molecular formula is C42H28N2. The highest BCUT2D eigenvalue weighted by molar-refractivity contribution is 6.28. The van der Waals surface area contributed by atoms with Crippen molar-refractivity contribution in [3.8, 4) is 33.6 Å². The molecule has 0 aliphatic carbocycles. The lowest BCUT2D eigenvalue weighted by Crippen LogP contribution is -1.95. The van der Waals surface area contributed by atoms with E-state index in [2.05, 4.69) is 0 Å². The Bertz CT molecular complexity index is 3990. The topological polar surface area (TPSA) is 9.86 Å². The average molecular weight is 589 g/mol. The molecule has 0 N–H and O–H groups in total. The minimum atomic E-state index is -1.05. The highest BCUT2D eigenvalue weighted by Gasteiger charge is 2.20. The zero-order valence-electron chi connectivity index (χ0n) is 49.9. The molecule has 0 saturated heterocycles. The van der Waals surface area contributed by atoms with Gasteiger partial charge in [-0.05, 0) is 70.6 Å². The summed E-state index contributed by atoms with van der Waals surface area (Å²) >= 11 is 0. The van der Waals surface area contributed by atoms with Gasteiger partial charge in [-0.1, -0.05) is 121 Å². The molecule has 44 heavy (non-hydrogen) atoms. The molecule has 0 spiro atoms. The van der Waals surface area contributed by atoms with Crippen molar-refractivity contribution >= 4 is 43.6 Å². The molecule has 0 aliphatic heterocycles. The van der Waals surface area contributed by atoms with Gasteiger partial charge in [0.25, 0.3) is 0 Å². The molecule has 0 fully saturated rings. The van der Waals surface area contributed by atoms with E-state index in [0.717, 1.165) is 9.13 Å². The van der Waals surface area contributed by atoms with Gasteiger partial charge in [0.05, 0.1) is 60.4 Å². The summed E-state index contributed by atoms with van der Waals surface area (Å²) < 4.78 is 250. The maximum Gasteiger partial charge on any atom is 0.0651 e. The normalized spacial score (nSPS) is 20.5. The first-order chi connectivity index (χ1) is 33.5. The van der Waals surface area contributed by atoms with Crippen molar-refractivity contribution in [2.24, 2.45) is 0 Å². The molecule has 0 atom stereocenters. The second-order valence-electron chi connectivity index (χ2n) is 9.26. The molecule has 206 valence electrons. The fourth-order valence-electron chi connectivity index (χ4n) is 5.15. The van der Waals surface area contributed by atoms with Crippen LogP contribution in [0.15, 0.2) is 169 Å². The molecule has 0 bridgehead atoms. The Kier molecular flexibility index (Phi) is 2.14. The molecule has 0 saturated carbocycles. The van der Waals surface area contributed by atoms with Crippen molar-refractivity contribution in [1.82, 2.24) is 9.13 Å². The third-order valence-electron chi connectivity index (χ3n) is 6.92. The Labute approximate surface area is 295 Å². The van der Waals surface area contributed by atoms with E-state index >= 15 is 0 Å². The van der Waals surface area contributed by atoms with Crippen LogP contribution in [-0.2, 0) is 0 Å². The zero-order chi connectivity index (χ0) is 53.4. The van der Waals surface area contributed by atoms with Crippen LogP contribution >= 0.6 is 0 Å². The molecule has 2 heterocycles. The summed E-state index contributed by atoms with van der Waals surface area (Å²) in [5, 5.41) is -2.22. The van der Waals surface area contributed by atoms with Crippen molar-refractivity contribution < 1.29 is 38.4 Å². The lowest BCUT2D eigenvalue weighted by Gasteiger charge is -2.11. The molecule has 2 nitrogen and oxygen atoms in total. The second-order valence-corrected chi connectivity index (χ2v) is 9.26. The zero-order valence-corrected chi connectivity index (χ0v) is 21.9. The van der Waals surface area contributed by atoms with Crippen LogP contribution in [0.2, 0.25) is 0 Å². The van der Waals surface area contributed by atoms with Gasteiger partial charge in [0.1, 0.15) is 0 Å². The molecule has 9 aromatic rings. The van der Waals surface area contributed by atoms with E-state index in [1.807, 2.05) is 0 Å². The third-order valence-corrected chi connectivity index (χ3v) is 6.92. The van der Waals surface area contributed by atoms with Crippen molar-refractivity contribution in [1.29, 1.82) is 0 Å². The molecule has 2 heteroatoms. The second kappa shape index (κ2) is 9.86. The summed E-state index contributed by atoms with van der Waals surface area (Å²) in [5.41, 5.74) is -7.45. The van der Waals surface area contributed by atoms with Crippen LogP contribution in [0.25, 0.3) is 77.2 Å². The van der Waals surface area contributed by atoms with Gasteiger partial charge in [-0.2, -0.15) is 0 Å². The highest BCUT2D eigenvalue weighted by atomic mass is 15.0. The summed E-state index contributed by atoms with van der Waals surface area (Å²) in [6.07, 6.45) is 0. The van der Waals surface area contributed by atoms with E-state index in [0.29, 0.717) is 0 Å². The molecule has 2 aromatic heterocycles. The van der Waals surface area contributed by atoms with Crippen molar-refractivity contribution in [3.05, 3.63) is 169 Å². The first-order valence-electron chi connectivity index (χ1n) is 26.8. The summed E-state index contributed by atoms with van der Waals surface area (Å²) in [5.74, 6) is 0. The molecule has 7 aromatic carbocycles. The van der Waals surface area contributed by atoms with E-state index < -0.39 is 246 Å². The van der Waals surface area contributed by atoms with Crippen LogP contribution in [-0.4, -0.2) is 9.13 Å². The number of aromatic nitrogens is 2. The first kappa shape index (κ1) is 9.57. The SMILES string of the molecule is [2H]c1c([2H])c([2H])c(-c2c([2H])c([2H])c(-n3c4c([2H])c([2H])c([2H])c([2H])c4c4c5c6c([2H])c([2H])c([2H])c([2H])c6n(-c6c([2H])c([2H])c([2H])c(-c7c([2H])c([2H])c([2H])c([2H])c7[2H])c6[2H])c5c([2H])c([2H])c43)c([2H])c2[2H])c([2H])c1[2H]. The Balaban J connectivity index is 1.58. The van der Waals surface area contributed by atoms with Crippen molar-refractivity contribution in [2.75, 3.05) is 0 Å². The van der Waals surface area contributed by atoms with E-state index in [-0.39, 0.29) is 0 Å². The Hall–Kier alpha value is -5.86. The van der Waals surface area contributed by atoms with Gasteiger partial charge in [0.2, 0.25) is 0 Å². The Morgan fingerprint density at radius 3 is 1.36 bits per heavy atom. The highest BCUT2D eigenvalue weighted by Crippen LogP contribution is 2.42. The van der Waals surface area contributed by atoms with Crippen LogP contribution in [0.5, 0.6) is 0 Å². The molecule has 0 radical (unpaired) electrons. The smallest absolute Gasteiger partial charge is 0.0651 e. The van der Waals surface area contributed by atoms with Crippen molar-refractivity contribution in [3.63, 3.8) is 0 Å². The number of fused-ring (bicyclic) bond motifs is 7. The van der Waals surface area contributed by atoms with E-state index in [4.69, 9.17) is 24.7 Å². The van der Waals surface area contributed by atoms with Crippen LogP contribution < -0.4 is 0 Å². The molecule has 9 rings (SSSR count). The van der Waals surface area contributed by atoms with Gasteiger partial charge in [-0.3, -0.25) is 0 Å². The minimum Gasteiger partial charge on any atom is -0.309 e. The fraction of sp³-hybridized carbons (Fsp3) is 0. The van der Waals surface area contributed by atoms with E-state index in [1.54, 1.807) is 0 Å². The van der Waals surface area contributed by atoms with Gasteiger partial charge in [-0.25, -0.2) is 0 Å². The monoisotopic (exact) mass is 588 g/mol. The first-order valence-corrected chi connectivity index (χ1v) is 12.8. The quantitative estimate of drug-likeness (QED) is 0.193. The van der Waals surface area contributed by atoms with Gasteiger partial charge in [-0.15, -0.1) is 0 Å². The predicted octanol–water partition coefficient (Wildman–Crippen LogP) is 11.2. The number of hydrogen-bond acceptors (Lipinski definition) is 0. The molecule has 0 aliphatic rings. The summed E-state index contributed by atoms with van der Waals surface area (Å²) in [6, 6.07) is -26.4. The minimum absolute atomic E-state index is 0.527. The third kappa shape index (κ3) is 3.75. The Morgan fingerprint density at radius 2 is 0.773 bits per heavy atom. The summed E-state index contributed by atoms with van der Waals surface area (Å²) in [6.45, 7) is 0. The predicted molar refractivity (Wildman–Crippen MR) is 186 cm³/mol. The van der Waals surface area contributed by atoms with E-state index in [1.165, 1.54) is 0 Å². The number of nitrogens with zero attached hydrogens (tertiary/aromatic N) is 2.